The second kappa shape index (κ2) is 7.60. The van der Waals surface area contributed by atoms with Gasteiger partial charge in [0.25, 0.3) is 0 Å². The Bertz CT molecular complexity index is 1040. The normalized spacial score (nSPS) is 26.0. The van der Waals surface area contributed by atoms with Gasteiger partial charge >= 0.3 is 0 Å². The molecule has 3 fully saturated rings. The number of halogens is 1. The van der Waals surface area contributed by atoms with E-state index in [1.165, 1.54) is 0 Å². The quantitative estimate of drug-likeness (QED) is 0.722. The number of fused-ring (bicyclic) bond motifs is 1. The molecule has 0 unspecified atom stereocenters. The molecule has 2 saturated carbocycles. The molecule has 1 atom stereocenters. The summed E-state index contributed by atoms with van der Waals surface area (Å²) in [7, 11) is -1.13. The molecule has 32 heavy (non-hydrogen) atoms. The minimum absolute atomic E-state index is 0.0777. The highest BCUT2D eigenvalue weighted by molar-refractivity contribution is 7.85. The van der Waals surface area contributed by atoms with Crippen LogP contribution in [-0.2, 0) is 10.8 Å². The lowest BCUT2D eigenvalue weighted by atomic mass is 9.66. The number of rotatable bonds is 4. The summed E-state index contributed by atoms with van der Waals surface area (Å²) in [5.41, 5.74) is 0.0128. The topological polar surface area (TPSA) is 95.3 Å². The van der Waals surface area contributed by atoms with E-state index in [1.54, 1.807) is 18.6 Å². The number of aliphatic hydroxyl groups excluding tert-OH is 1. The molecular formula is C22H27ClN6O2S. The van der Waals surface area contributed by atoms with Gasteiger partial charge in [-0.05, 0) is 44.9 Å². The van der Waals surface area contributed by atoms with Gasteiger partial charge in [0.05, 0.1) is 34.2 Å². The van der Waals surface area contributed by atoms with Gasteiger partial charge in [0, 0.05) is 36.8 Å². The minimum atomic E-state index is -1.13. The lowest BCUT2D eigenvalue weighted by molar-refractivity contribution is 0.118. The van der Waals surface area contributed by atoms with E-state index in [9.17, 15) is 9.32 Å². The predicted octanol–water partition coefficient (Wildman–Crippen LogP) is 2.88. The standard InChI is InChI=1S/C22H27ClN6O2S/c23-16-8-24-18(25-9-16)15-2-6-21(7-3-15)11-28(12-21)20-26-10-17-19(27-20)29(14-32(17)31)22(13-30)4-1-5-22/h8-10,15,30H,1-7,11-14H2/t32-/m0/s1. The van der Waals surface area contributed by atoms with Gasteiger partial charge in [0.15, 0.2) is 5.82 Å². The summed E-state index contributed by atoms with van der Waals surface area (Å²) in [6.07, 6.45) is 12.5. The third-order valence-corrected chi connectivity index (χ3v) is 9.48. The fourth-order valence-corrected chi connectivity index (χ4v) is 7.21. The Morgan fingerprint density at radius 2 is 1.81 bits per heavy atom. The minimum Gasteiger partial charge on any atom is -0.394 e. The number of aromatic nitrogens is 4. The van der Waals surface area contributed by atoms with Crippen LogP contribution in [0.2, 0.25) is 5.02 Å². The van der Waals surface area contributed by atoms with Crippen LogP contribution in [0, 0.1) is 5.41 Å². The van der Waals surface area contributed by atoms with E-state index in [-0.39, 0.29) is 12.1 Å². The molecule has 0 aromatic carbocycles. The van der Waals surface area contributed by atoms with Crippen LogP contribution in [0.1, 0.15) is 56.7 Å². The molecule has 1 N–H and O–H groups in total. The zero-order valence-corrected chi connectivity index (χ0v) is 19.5. The zero-order chi connectivity index (χ0) is 21.9. The first-order valence-corrected chi connectivity index (χ1v) is 13.1. The smallest absolute Gasteiger partial charge is 0.227 e. The second-order valence-corrected chi connectivity index (χ2v) is 11.7. The number of aliphatic hydroxyl groups is 1. The van der Waals surface area contributed by atoms with Gasteiger partial charge in [-0.1, -0.05) is 11.6 Å². The molecule has 170 valence electrons. The van der Waals surface area contributed by atoms with E-state index in [0.717, 1.165) is 69.7 Å². The molecule has 10 heteroatoms. The molecule has 6 rings (SSSR count). The van der Waals surface area contributed by atoms with Crippen molar-refractivity contribution in [2.75, 3.05) is 35.4 Å². The van der Waals surface area contributed by atoms with Gasteiger partial charge in [0.2, 0.25) is 5.95 Å². The molecule has 0 amide bonds. The van der Waals surface area contributed by atoms with Crippen LogP contribution >= 0.6 is 11.6 Å². The summed E-state index contributed by atoms with van der Waals surface area (Å²) in [4.78, 5) is 23.3. The monoisotopic (exact) mass is 474 g/mol. The SMILES string of the molecule is O=[S@]1CN(C2(CO)CCC2)c2nc(N3CC4(CCC(c5ncc(Cl)cn5)CC4)C3)ncc21. The molecule has 0 radical (unpaired) electrons. The van der Waals surface area contributed by atoms with E-state index in [4.69, 9.17) is 16.6 Å². The van der Waals surface area contributed by atoms with Crippen LogP contribution in [0.5, 0.6) is 0 Å². The van der Waals surface area contributed by atoms with E-state index >= 15 is 0 Å². The van der Waals surface area contributed by atoms with Crippen molar-refractivity contribution in [2.24, 2.45) is 5.41 Å². The summed E-state index contributed by atoms with van der Waals surface area (Å²) in [5.74, 6) is 3.19. The lowest BCUT2D eigenvalue weighted by Crippen LogP contribution is -2.58. The van der Waals surface area contributed by atoms with Crippen molar-refractivity contribution in [3.63, 3.8) is 0 Å². The van der Waals surface area contributed by atoms with E-state index in [1.807, 2.05) is 0 Å². The maximum atomic E-state index is 12.6. The van der Waals surface area contributed by atoms with Crippen molar-refractivity contribution < 1.29 is 9.32 Å². The summed E-state index contributed by atoms with van der Waals surface area (Å²) in [6, 6.07) is 0. The number of anilines is 2. The molecular weight excluding hydrogens is 448 g/mol. The fraction of sp³-hybridized carbons (Fsp3) is 0.636. The van der Waals surface area contributed by atoms with E-state index < -0.39 is 10.8 Å². The highest BCUT2D eigenvalue weighted by Crippen LogP contribution is 2.49. The van der Waals surface area contributed by atoms with Crippen molar-refractivity contribution in [2.45, 2.75) is 61.3 Å². The maximum absolute atomic E-state index is 12.6. The number of nitrogens with zero attached hydrogens (tertiary/aromatic N) is 6. The maximum Gasteiger partial charge on any atom is 0.227 e. The Balaban J connectivity index is 1.14. The molecule has 8 nitrogen and oxygen atoms in total. The highest BCUT2D eigenvalue weighted by Gasteiger charge is 2.49. The molecule has 2 aliphatic carbocycles. The predicted molar refractivity (Wildman–Crippen MR) is 122 cm³/mol. The van der Waals surface area contributed by atoms with Gasteiger partial charge in [-0.25, -0.2) is 15.0 Å². The molecule has 2 aromatic heterocycles. The first kappa shape index (κ1) is 20.7. The molecule has 4 heterocycles. The van der Waals surface area contributed by atoms with Crippen LogP contribution in [0.3, 0.4) is 0 Å². The number of hydrogen-bond donors (Lipinski definition) is 1. The average Bonchev–Trinajstić information content (AvgIpc) is 3.09. The van der Waals surface area contributed by atoms with Crippen molar-refractivity contribution in [1.29, 1.82) is 0 Å². The van der Waals surface area contributed by atoms with Gasteiger partial charge in [-0.3, -0.25) is 4.21 Å². The summed E-state index contributed by atoms with van der Waals surface area (Å²) in [5, 5.41) is 10.6. The van der Waals surface area contributed by atoms with Crippen molar-refractivity contribution >= 4 is 34.2 Å². The molecule has 2 aliphatic heterocycles. The van der Waals surface area contributed by atoms with E-state index in [0.29, 0.717) is 33.1 Å². The van der Waals surface area contributed by atoms with Crippen LogP contribution in [-0.4, -0.2) is 60.4 Å². The molecule has 4 aliphatic rings. The Kier molecular flexibility index (Phi) is 4.93. The van der Waals surface area contributed by atoms with Crippen LogP contribution in [0.25, 0.3) is 0 Å². The molecule has 2 aromatic rings. The summed E-state index contributed by atoms with van der Waals surface area (Å²) in [6.45, 7) is 1.98. The van der Waals surface area contributed by atoms with Crippen molar-refractivity contribution in [3.05, 3.63) is 29.4 Å². The first-order valence-electron chi connectivity index (χ1n) is 11.4. The second-order valence-electron chi connectivity index (χ2n) is 9.89. The fourth-order valence-electron chi connectivity index (χ4n) is 5.81. The molecule has 0 bridgehead atoms. The Labute approximate surface area is 194 Å². The Morgan fingerprint density at radius 1 is 1.09 bits per heavy atom. The van der Waals surface area contributed by atoms with Crippen LogP contribution in [0.15, 0.2) is 23.5 Å². The van der Waals surface area contributed by atoms with Crippen LogP contribution in [0.4, 0.5) is 11.8 Å². The van der Waals surface area contributed by atoms with Gasteiger partial charge in [-0.2, -0.15) is 4.98 Å². The Hall–Kier alpha value is -1.84. The lowest BCUT2D eigenvalue weighted by Gasteiger charge is -2.53. The highest BCUT2D eigenvalue weighted by atomic mass is 35.5. The number of hydrogen-bond acceptors (Lipinski definition) is 8. The molecule has 1 spiro atoms. The van der Waals surface area contributed by atoms with Gasteiger partial charge < -0.3 is 14.9 Å². The summed E-state index contributed by atoms with van der Waals surface area (Å²) >= 11 is 5.92. The third kappa shape index (κ3) is 3.23. The van der Waals surface area contributed by atoms with Gasteiger partial charge in [-0.15, -0.1) is 0 Å². The largest absolute Gasteiger partial charge is 0.394 e. The molecule has 1 saturated heterocycles. The van der Waals surface area contributed by atoms with Crippen LogP contribution < -0.4 is 9.80 Å². The van der Waals surface area contributed by atoms with Crippen molar-refractivity contribution in [1.82, 2.24) is 19.9 Å². The average molecular weight is 475 g/mol. The summed E-state index contributed by atoms with van der Waals surface area (Å²) < 4.78 is 12.6. The van der Waals surface area contributed by atoms with Gasteiger partial charge in [0.1, 0.15) is 16.6 Å². The zero-order valence-electron chi connectivity index (χ0n) is 17.9. The van der Waals surface area contributed by atoms with Crippen molar-refractivity contribution in [3.8, 4) is 0 Å². The Morgan fingerprint density at radius 3 is 2.44 bits per heavy atom. The van der Waals surface area contributed by atoms with E-state index in [2.05, 4.69) is 24.8 Å². The first-order chi connectivity index (χ1) is 15.5. The third-order valence-electron chi connectivity index (χ3n) is 8.01.